The van der Waals surface area contributed by atoms with E-state index in [9.17, 15) is 14.9 Å². The molecule has 2 aromatic carbocycles. The Hall–Kier alpha value is -3.22. The van der Waals surface area contributed by atoms with Gasteiger partial charge in [-0.2, -0.15) is 0 Å². The van der Waals surface area contributed by atoms with E-state index in [1.54, 1.807) is 7.11 Å². The lowest BCUT2D eigenvalue weighted by Gasteiger charge is -2.26. The smallest absolute Gasteiger partial charge is 0.269 e. The fraction of sp³-hybridized carbons (Fsp3) is 0.333. The van der Waals surface area contributed by atoms with E-state index in [-0.39, 0.29) is 18.0 Å². The summed E-state index contributed by atoms with van der Waals surface area (Å²) in [5.74, 6) is 1.53. The summed E-state index contributed by atoms with van der Waals surface area (Å²) < 4.78 is 5.22. The number of carbonyl (C=O) groups excluding carboxylic acids is 1. The predicted octanol–water partition coefficient (Wildman–Crippen LogP) is 4.27. The van der Waals surface area contributed by atoms with Crippen molar-refractivity contribution in [3.8, 4) is 5.75 Å². The molecule has 0 N–H and O–H groups in total. The number of nitro groups is 1. The van der Waals surface area contributed by atoms with Crippen LogP contribution in [0.2, 0.25) is 0 Å². The fourth-order valence-corrected chi connectivity index (χ4v) is 3.18. The Balaban J connectivity index is 1.86. The number of hydrogen-bond donors (Lipinski definition) is 0. The molecule has 146 valence electrons. The molecule has 0 saturated carbocycles. The molecule has 0 saturated heterocycles. The van der Waals surface area contributed by atoms with E-state index in [1.807, 2.05) is 29.2 Å². The van der Waals surface area contributed by atoms with Crippen molar-refractivity contribution in [1.29, 1.82) is 0 Å². The lowest BCUT2D eigenvalue weighted by molar-refractivity contribution is -0.384. The van der Waals surface area contributed by atoms with Gasteiger partial charge in [0.25, 0.3) is 5.69 Å². The molecular formula is C21H23N3O4. The summed E-state index contributed by atoms with van der Waals surface area (Å²) in [6.07, 6.45) is 4.03. The van der Waals surface area contributed by atoms with Gasteiger partial charge in [0.1, 0.15) is 11.6 Å². The summed E-state index contributed by atoms with van der Waals surface area (Å²) in [4.78, 5) is 29.9. The maximum absolute atomic E-state index is 12.9. The number of amidine groups is 1. The second-order valence-electron chi connectivity index (χ2n) is 6.62. The molecule has 7 nitrogen and oxygen atoms in total. The molecule has 1 aliphatic heterocycles. The number of nitrogens with zero attached hydrogens (tertiary/aromatic N) is 3. The molecule has 0 aromatic heterocycles. The molecule has 3 rings (SSSR count). The first-order valence-corrected chi connectivity index (χ1v) is 9.31. The maximum Gasteiger partial charge on any atom is 0.269 e. The van der Waals surface area contributed by atoms with E-state index in [4.69, 9.17) is 9.73 Å². The normalized spacial score (nSPS) is 14.0. The van der Waals surface area contributed by atoms with Gasteiger partial charge in [-0.15, -0.1) is 0 Å². The van der Waals surface area contributed by atoms with Gasteiger partial charge >= 0.3 is 0 Å². The number of hydrogen-bond acceptors (Lipinski definition) is 6. The van der Waals surface area contributed by atoms with Gasteiger partial charge in [0.15, 0.2) is 5.78 Å². The van der Waals surface area contributed by atoms with Crippen molar-refractivity contribution in [1.82, 2.24) is 0 Å². The number of ketones is 1. The molecule has 0 atom stereocenters. The van der Waals surface area contributed by atoms with Crippen molar-refractivity contribution in [2.24, 2.45) is 4.99 Å². The molecule has 7 heteroatoms. The van der Waals surface area contributed by atoms with Crippen molar-refractivity contribution in [2.45, 2.75) is 25.7 Å². The van der Waals surface area contributed by atoms with Crippen LogP contribution in [0.1, 0.15) is 36.0 Å². The lowest BCUT2D eigenvalue weighted by atomic mass is 10.1. The Labute approximate surface area is 163 Å². The second kappa shape index (κ2) is 9.12. The van der Waals surface area contributed by atoms with Gasteiger partial charge in [0.05, 0.1) is 18.6 Å². The van der Waals surface area contributed by atoms with Gasteiger partial charge in [-0.05, 0) is 49.2 Å². The van der Waals surface area contributed by atoms with E-state index >= 15 is 0 Å². The third-order valence-corrected chi connectivity index (χ3v) is 4.75. The van der Waals surface area contributed by atoms with Crippen LogP contribution >= 0.6 is 0 Å². The van der Waals surface area contributed by atoms with E-state index in [2.05, 4.69) is 0 Å². The average molecular weight is 381 g/mol. The number of non-ortho nitro benzene ring substituents is 1. The van der Waals surface area contributed by atoms with Crippen LogP contribution in [-0.2, 0) is 0 Å². The molecule has 0 spiro atoms. The van der Waals surface area contributed by atoms with Crippen LogP contribution in [0.15, 0.2) is 53.5 Å². The highest BCUT2D eigenvalue weighted by Gasteiger charge is 2.20. The summed E-state index contributed by atoms with van der Waals surface area (Å²) in [6, 6.07) is 13.3. The van der Waals surface area contributed by atoms with Crippen LogP contribution < -0.4 is 9.64 Å². The third-order valence-electron chi connectivity index (χ3n) is 4.75. The number of nitro benzene ring substituents is 1. The van der Waals surface area contributed by atoms with Crippen LogP contribution in [0.5, 0.6) is 5.75 Å². The third kappa shape index (κ3) is 4.73. The number of carbonyl (C=O) groups is 1. The van der Waals surface area contributed by atoms with Crippen LogP contribution in [0.25, 0.3) is 0 Å². The van der Waals surface area contributed by atoms with Crippen LogP contribution in [0.4, 0.5) is 11.4 Å². The lowest BCUT2D eigenvalue weighted by Crippen LogP contribution is -2.36. The number of aliphatic imine (C=N–C) groups is 1. The minimum atomic E-state index is -0.474. The number of Topliss-reactive ketones (excluding diaryl/α,β-unsaturated/α-hetero) is 1. The Bertz CT molecular complexity index is 860. The standard InChI is InChI=1S/C21H23N3O4/c1-28-19-12-10-17(11-13-19)23(21-5-3-2-4-14-22-21)15-20(25)16-6-8-18(9-7-16)24(26)27/h6-13H,2-5,14-15H2,1H3. The van der Waals surface area contributed by atoms with Gasteiger partial charge in [0.2, 0.25) is 0 Å². The SMILES string of the molecule is COc1ccc(N(CC(=O)c2ccc([N+](=O)[O-])cc2)C2=NCCCCC2)cc1. The summed E-state index contributed by atoms with van der Waals surface area (Å²) in [6.45, 7) is 0.886. The molecule has 0 bridgehead atoms. The van der Waals surface area contributed by atoms with Gasteiger partial charge in [-0.25, -0.2) is 0 Å². The van der Waals surface area contributed by atoms with E-state index in [0.29, 0.717) is 5.56 Å². The Morgan fingerprint density at radius 1 is 1.11 bits per heavy atom. The Morgan fingerprint density at radius 2 is 1.82 bits per heavy atom. The number of anilines is 1. The molecular weight excluding hydrogens is 358 g/mol. The molecule has 2 aromatic rings. The zero-order valence-electron chi connectivity index (χ0n) is 15.8. The molecule has 0 aliphatic carbocycles. The Kier molecular flexibility index (Phi) is 6.37. The maximum atomic E-state index is 12.9. The topological polar surface area (TPSA) is 85.0 Å². The van der Waals surface area contributed by atoms with E-state index in [1.165, 1.54) is 24.3 Å². The molecule has 0 radical (unpaired) electrons. The van der Waals surface area contributed by atoms with Crippen molar-refractivity contribution >= 4 is 23.0 Å². The summed E-state index contributed by atoms with van der Waals surface area (Å²) >= 11 is 0. The zero-order chi connectivity index (χ0) is 19.9. The van der Waals surface area contributed by atoms with E-state index in [0.717, 1.165) is 49.5 Å². The van der Waals surface area contributed by atoms with Crippen LogP contribution in [0.3, 0.4) is 0 Å². The first kappa shape index (κ1) is 19.5. The van der Waals surface area contributed by atoms with Gasteiger partial charge < -0.3 is 9.64 Å². The van der Waals surface area contributed by atoms with Crippen molar-refractivity contribution in [2.75, 3.05) is 25.1 Å². The average Bonchev–Trinajstić information content (AvgIpc) is 3.01. The largest absolute Gasteiger partial charge is 0.497 e. The Morgan fingerprint density at radius 3 is 2.46 bits per heavy atom. The van der Waals surface area contributed by atoms with Gasteiger partial charge in [0, 0.05) is 36.3 Å². The molecule has 1 aliphatic rings. The minimum absolute atomic E-state index is 0.0308. The summed E-state index contributed by atoms with van der Waals surface area (Å²) in [5, 5.41) is 10.8. The minimum Gasteiger partial charge on any atom is -0.497 e. The first-order chi connectivity index (χ1) is 13.6. The molecule has 0 fully saturated rings. The van der Waals surface area contributed by atoms with Crippen LogP contribution in [0, 0.1) is 10.1 Å². The number of methoxy groups -OCH3 is 1. The predicted molar refractivity (Wildman–Crippen MR) is 109 cm³/mol. The van der Waals surface area contributed by atoms with Crippen molar-refractivity contribution in [3.63, 3.8) is 0 Å². The molecule has 0 unspecified atom stereocenters. The molecule has 28 heavy (non-hydrogen) atoms. The van der Waals surface area contributed by atoms with E-state index < -0.39 is 4.92 Å². The highest BCUT2D eigenvalue weighted by Crippen LogP contribution is 2.23. The monoisotopic (exact) mass is 381 g/mol. The second-order valence-corrected chi connectivity index (χ2v) is 6.62. The highest BCUT2D eigenvalue weighted by atomic mass is 16.6. The first-order valence-electron chi connectivity index (χ1n) is 9.31. The summed E-state index contributed by atoms with van der Waals surface area (Å²) in [7, 11) is 1.61. The highest BCUT2D eigenvalue weighted by molar-refractivity contribution is 6.07. The van der Waals surface area contributed by atoms with Gasteiger partial charge in [-0.1, -0.05) is 6.42 Å². The molecule has 0 amide bonds. The number of rotatable bonds is 6. The van der Waals surface area contributed by atoms with Crippen LogP contribution in [-0.4, -0.2) is 36.7 Å². The summed E-state index contributed by atoms with van der Waals surface area (Å²) in [5.41, 5.74) is 1.28. The number of benzene rings is 2. The quantitative estimate of drug-likeness (QED) is 0.424. The molecule has 1 heterocycles. The zero-order valence-corrected chi connectivity index (χ0v) is 15.8. The fourth-order valence-electron chi connectivity index (χ4n) is 3.18. The van der Waals surface area contributed by atoms with Crippen molar-refractivity contribution < 1.29 is 14.5 Å². The van der Waals surface area contributed by atoms with Gasteiger partial charge in [-0.3, -0.25) is 19.9 Å². The van der Waals surface area contributed by atoms with Crippen molar-refractivity contribution in [3.05, 3.63) is 64.2 Å². The number of ether oxygens (including phenoxy) is 1.